The van der Waals surface area contributed by atoms with Gasteiger partial charge in [-0.15, -0.1) is 0 Å². The number of imide groups is 1. The third kappa shape index (κ3) is 2.46. The molecule has 0 spiro atoms. The van der Waals surface area contributed by atoms with Gasteiger partial charge in [0.25, 0.3) is 11.8 Å². The molecule has 2 amide bonds. The normalized spacial score (nSPS) is 13.7. The van der Waals surface area contributed by atoms with Crippen molar-refractivity contribution in [1.29, 1.82) is 0 Å². The molecule has 1 aliphatic heterocycles. The van der Waals surface area contributed by atoms with E-state index in [-0.39, 0.29) is 0 Å². The molecular weight excluding hydrogens is 316 g/mol. The summed E-state index contributed by atoms with van der Waals surface area (Å²) >= 11 is 0. The highest BCUT2D eigenvalue weighted by Gasteiger charge is 2.32. The quantitative estimate of drug-likeness (QED) is 0.546. The number of carbonyl (C=O) groups is 2. The van der Waals surface area contributed by atoms with E-state index in [1.165, 1.54) is 6.21 Å². The number of hydrogen-bond acceptors (Lipinski definition) is 4. The Morgan fingerprint density at radius 3 is 2.20 bits per heavy atom. The Morgan fingerprint density at radius 1 is 0.920 bits per heavy atom. The SMILES string of the molecule is COc1cccc(/C=N\N2C(=O)c3cccc4cccc(c34)C2=O)c1. The molecule has 3 aromatic rings. The molecule has 0 saturated heterocycles. The first-order chi connectivity index (χ1) is 12.2. The van der Waals surface area contributed by atoms with Crippen LogP contribution in [0.25, 0.3) is 10.8 Å². The van der Waals surface area contributed by atoms with Crippen molar-refractivity contribution in [2.45, 2.75) is 0 Å². The fourth-order valence-corrected chi connectivity index (χ4v) is 2.97. The molecule has 0 aliphatic carbocycles. The fourth-order valence-electron chi connectivity index (χ4n) is 2.97. The van der Waals surface area contributed by atoms with Gasteiger partial charge in [0.2, 0.25) is 0 Å². The first-order valence-electron chi connectivity index (χ1n) is 7.77. The van der Waals surface area contributed by atoms with Crippen LogP contribution in [0.4, 0.5) is 0 Å². The Kier molecular flexibility index (Phi) is 3.54. The standard InChI is InChI=1S/C20H14N2O3/c1-25-15-8-2-5-13(11-15)12-21-22-19(23)16-9-3-6-14-7-4-10-17(18(14)16)20(22)24/h2-12H,1H3/b21-12-. The van der Waals surface area contributed by atoms with Crippen molar-refractivity contribution in [3.63, 3.8) is 0 Å². The second-order valence-corrected chi connectivity index (χ2v) is 5.65. The van der Waals surface area contributed by atoms with E-state index >= 15 is 0 Å². The number of nitrogens with zero attached hydrogens (tertiary/aromatic N) is 2. The van der Waals surface area contributed by atoms with E-state index in [9.17, 15) is 9.59 Å². The van der Waals surface area contributed by atoms with E-state index in [0.29, 0.717) is 22.3 Å². The third-order valence-corrected chi connectivity index (χ3v) is 4.17. The Bertz CT molecular complexity index is 989. The van der Waals surface area contributed by atoms with Gasteiger partial charge in [0.15, 0.2) is 0 Å². The minimum atomic E-state index is -0.423. The number of ether oxygens (including phenoxy) is 1. The summed E-state index contributed by atoms with van der Waals surface area (Å²) in [5.41, 5.74) is 1.70. The average molecular weight is 330 g/mol. The first-order valence-corrected chi connectivity index (χ1v) is 7.77. The number of hydrogen-bond donors (Lipinski definition) is 0. The van der Waals surface area contributed by atoms with E-state index in [2.05, 4.69) is 5.10 Å². The number of amides is 2. The van der Waals surface area contributed by atoms with Crippen LogP contribution in [0.2, 0.25) is 0 Å². The van der Waals surface area contributed by atoms with Gasteiger partial charge in [-0.05, 0) is 35.2 Å². The van der Waals surface area contributed by atoms with Crippen LogP contribution in [-0.4, -0.2) is 30.1 Å². The molecule has 0 aromatic heterocycles. The molecule has 1 heterocycles. The Labute approximate surface area is 144 Å². The zero-order chi connectivity index (χ0) is 17.4. The summed E-state index contributed by atoms with van der Waals surface area (Å²) in [5.74, 6) is -0.169. The third-order valence-electron chi connectivity index (χ3n) is 4.17. The summed E-state index contributed by atoms with van der Waals surface area (Å²) in [7, 11) is 1.57. The molecule has 4 rings (SSSR count). The van der Waals surface area contributed by atoms with Crippen LogP contribution in [0.5, 0.6) is 5.75 Å². The number of carbonyl (C=O) groups excluding carboxylic acids is 2. The zero-order valence-electron chi connectivity index (χ0n) is 13.5. The second-order valence-electron chi connectivity index (χ2n) is 5.65. The first kappa shape index (κ1) is 15.1. The van der Waals surface area contributed by atoms with Crippen molar-refractivity contribution in [2.75, 3.05) is 7.11 Å². The minimum absolute atomic E-state index is 0.423. The Morgan fingerprint density at radius 2 is 1.56 bits per heavy atom. The molecule has 122 valence electrons. The maximum Gasteiger partial charge on any atom is 0.282 e. The number of hydrazone groups is 1. The lowest BCUT2D eigenvalue weighted by Crippen LogP contribution is -2.36. The molecule has 3 aromatic carbocycles. The molecule has 5 nitrogen and oxygen atoms in total. The van der Waals surface area contributed by atoms with Crippen LogP contribution in [-0.2, 0) is 0 Å². The average Bonchev–Trinajstić information content (AvgIpc) is 2.66. The van der Waals surface area contributed by atoms with Crippen LogP contribution in [0.3, 0.4) is 0 Å². The van der Waals surface area contributed by atoms with E-state index in [4.69, 9.17) is 4.74 Å². The lowest BCUT2D eigenvalue weighted by atomic mass is 9.95. The molecule has 5 heteroatoms. The van der Waals surface area contributed by atoms with Gasteiger partial charge in [0.1, 0.15) is 5.75 Å². The predicted octanol–water partition coefficient (Wildman–Crippen LogP) is 3.48. The lowest BCUT2D eigenvalue weighted by molar-refractivity contribution is 0.0616. The van der Waals surface area contributed by atoms with Crippen molar-refractivity contribution in [3.05, 3.63) is 77.4 Å². The molecule has 0 atom stereocenters. The summed E-state index contributed by atoms with van der Waals surface area (Å²) in [4.78, 5) is 25.4. The van der Waals surface area contributed by atoms with Crippen LogP contribution < -0.4 is 4.74 Å². The highest BCUT2D eigenvalue weighted by molar-refractivity contribution is 6.25. The number of methoxy groups -OCH3 is 1. The van der Waals surface area contributed by atoms with Gasteiger partial charge in [-0.1, -0.05) is 36.4 Å². The van der Waals surface area contributed by atoms with Crippen molar-refractivity contribution in [1.82, 2.24) is 5.01 Å². The molecule has 0 unspecified atom stereocenters. The Balaban J connectivity index is 1.76. The number of rotatable bonds is 3. The monoisotopic (exact) mass is 330 g/mol. The van der Waals surface area contributed by atoms with Gasteiger partial charge in [0, 0.05) is 5.39 Å². The zero-order valence-corrected chi connectivity index (χ0v) is 13.5. The molecule has 0 fully saturated rings. The van der Waals surface area contributed by atoms with Crippen molar-refractivity contribution in [2.24, 2.45) is 5.10 Å². The van der Waals surface area contributed by atoms with E-state index in [0.717, 1.165) is 16.0 Å². The Hall–Kier alpha value is -3.47. The maximum atomic E-state index is 12.7. The van der Waals surface area contributed by atoms with Gasteiger partial charge in [0.05, 0.1) is 24.5 Å². The van der Waals surface area contributed by atoms with Crippen LogP contribution >= 0.6 is 0 Å². The summed E-state index contributed by atoms with van der Waals surface area (Å²) in [6, 6.07) is 18.0. The maximum absolute atomic E-state index is 12.7. The van der Waals surface area contributed by atoms with Crippen molar-refractivity contribution >= 4 is 28.8 Å². The molecule has 0 saturated carbocycles. The molecule has 0 N–H and O–H groups in total. The summed E-state index contributed by atoms with van der Waals surface area (Å²) < 4.78 is 5.16. The molecule has 25 heavy (non-hydrogen) atoms. The highest BCUT2D eigenvalue weighted by atomic mass is 16.5. The van der Waals surface area contributed by atoms with Gasteiger partial charge in [-0.3, -0.25) is 9.59 Å². The van der Waals surface area contributed by atoms with Crippen molar-refractivity contribution in [3.8, 4) is 5.75 Å². The van der Waals surface area contributed by atoms with Crippen molar-refractivity contribution < 1.29 is 14.3 Å². The van der Waals surface area contributed by atoms with Gasteiger partial charge in [-0.2, -0.15) is 10.1 Å². The number of benzene rings is 3. The highest BCUT2D eigenvalue weighted by Crippen LogP contribution is 2.30. The molecular formula is C20H14N2O3. The summed E-state index contributed by atoms with van der Waals surface area (Å²) in [6.07, 6.45) is 1.48. The van der Waals surface area contributed by atoms with Crippen LogP contribution in [0, 0.1) is 0 Å². The molecule has 0 bridgehead atoms. The van der Waals surface area contributed by atoms with Gasteiger partial charge >= 0.3 is 0 Å². The smallest absolute Gasteiger partial charge is 0.282 e. The topological polar surface area (TPSA) is 59.0 Å². The van der Waals surface area contributed by atoms with E-state index < -0.39 is 11.8 Å². The molecule has 0 radical (unpaired) electrons. The van der Waals surface area contributed by atoms with Gasteiger partial charge in [-0.25, -0.2) is 0 Å². The van der Waals surface area contributed by atoms with E-state index in [1.807, 2.05) is 30.3 Å². The molecule has 1 aliphatic rings. The lowest BCUT2D eigenvalue weighted by Gasteiger charge is -2.22. The summed E-state index contributed by atoms with van der Waals surface area (Å²) in [5, 5.41) is 6.60. The van der Waals surface area contributed by atoms with Crippen LogP contribution in [0.1, 0.15) is 26.3 Å². The largest absolute Gasteiger partial charge is 0.497 e. The second kappa shape index (κ2) is 5.87. The minimum Gasteiger partial charge on any atom is -0.497 e. The fraction of sp³-hybridized carbons (Fsp3) is 0.0500. The summed E-state index contributed by atoms with van der Waals surface area (Å²) in [6.45, 7) is 0. The predicted molar refractivity (Wildman–Crippen MR) is 95.0 cm³/mol. The van der Waals surface area contributed by atoms with E-state index in [1.54, 1.807) is 37.4 Å². The van der Waals surface area contributed by atoms with Crippen LogP contribution in [0.15, 0.2) is 65.8 Å². The van der Waals surface area contributed by atoms with Gasteiger partial charge < -0.3 is 4.74 Å².